The molecule has 4 heteroatoms. The highest BCUT2D eigenvalue weighted by molar-refractivity contribution is 6.35. The van der Waals surface area contributed by atoms with Crippen LogP contribution in [0.15, 0.2) is 41.2 Å². The molecule has 0 aliphatic carbocycles. The van der Waals surface area contributed by atoms with E-state index in [2.05, 4.69) is 18.8 Å². The Bertz CT molecular complexity index is 788. The van der Waals surface area contributed by atoms with Gasteiger partial charge in [0.2, 0.25) is 0 Å². The molecule has 0 aliphatic rings. The minimum atomic E-state index is -0.104. The molecule has 2 rings (SSSR count). The van der Waals surface area contributed by atoms with Crippen molar-refractivity contribution in [2.75, 3.05) is 0 Å². The van der Waals surface area contributed by atoms with Gasteiger partial charge in [-0.15, -0.1) is 0 Å². The number of hydrogen-bond donors (Lipinski definition) is 0. The van der Waals surface area contributed by atoms with Crippen LogP contribution in [0.3, 0.4) is 0 Å². The first-order valence-electron chi connectivity index (χ1n) is 7.71. The van der Waals surface area contributed by atoms with E-state index < -0.39 is 0 Å². The number of aromatic nitrogens is 2. The summed E-state index contributed by atoms with van der Waals surface area (Å²) < 4.78 is 1.68. The lowest BCUT2D eigenvalue weighted by Crippen LogP contribution is -2.24. The van der Waals surface area contributed by atoms with Crippen LogP contribution in [0.4, 0.5) is 0 Å². The van der Waals surface area contributed by atoms with Gasteiger partial charge in [0.1, 0.15) is 5.82 Å². The van der Waals surface area contributed by atoms with Gasteiger partial charge in [0, 0.05) is 12.1 Å². The number of aryl methyl sites for hydroxylation is 1. The summed E-state index contributed by atoms with van der Waals surface area (Å²) in [5.41, 5.74) is 1.41. The van der Waals surface area contributed by atoms with Gasteiger partial charge in [-0.25, -0.2) is 4.98 Å². The Labute approximate surface area is 135 Å². The molecular weight excluding hydrogens is 296 g/mol. The normalized spacial score (nSPS) is 12.5. The summed E-state index contributed by atoms with van der Waals surface area (Å²) in [5.74, 6) is 0.750. The van der Waals surface area contributed by atoms with Gasteiger partial charge in [-0.1, -0.05) is 50.6 Å². The quantitative estimate of drug-likeness (QED) is 0.740. The fraction of sp³-hybridized carbons (Fsp3) is 0.333. The third-order valence-electron chi connectivity index (χ3n) is 3.43. The van der Waals surface area contributed by atoms with E-state index in [1.54, 1.807) is 10.6 Å². The summed E-state index contributed by atoms with van der Waals surface area (Å²) in [7, 11) is 0. The highest BCUT2D eigenvalue weighted by Crippen LogP contribution is 2.20. The molecule has 1 heterocycles. The molecule has 2 aromatic rings. The molecule has 0 fully saturated rings. The standard InChI is InChI=1S/C18H21ClN2O/c1-4-7-10-13(9-5-2)21-16(6-3)20-15-12-8-11-14(19)17(15)18(21)22/h7-12H,4-6H2,1-3H3/b10-7-,13-9+. The van der Waals surface area contributed by atoms with Gasteiger partial charge in [0.15, 0.2) is 0 Å². The predicted molar refractivity (Wildman–Crippen MR) is 94.4 cm³/mol. The zero-order chi connectivity index (χ0) is 16.1. The average molecular weight is 317 g/mol. The number of halogens is 1. The van der Waals surface area contributed by atoms with Crippen LogP contribution in [0, 0.1) is 0 Å². The van der Waals surface area contributed by atoms with E-state index in [1.165, 1.54) is 0 Å². The average Bonchev–Trinajstić information content (AvgIpc) is 2.51. The Kier molecular flexibility index (Phi) is 5.56. The molecule has 1 aromatic heterocycles. The van der Waals surface area contributed by atoms with E-state index in [0.717, 1.165) is 24.4 Å². The van der Waals surface area contributed by atoms with Crippen molar-refractivity contribution >= 4 is 28.2 Å². The second-order valence-electron chi connectivity index (χ2n) is 5.00. The van der Waals surface area contributed by atoms with E-state index in [9.17, 15) is 4.79 Å². The third-order valence-corrected chi connectivity index (χ3v) is 3.74. The smallest absolute Gasteiger partial charge is 0.267 e. The van der Waals surface area contributed by atoms with Gasteiger partial charge < -0.3 is 0 Å². The maximum absolute atomic E-state index is 13.0. The first-order valence-corrected chi connectivity index (χ1v) is 8.09. The van der Waals surface area contributed by atoms with E-state index in [0.29, 0.717) is 22.3 Å². The van der Waals surface area contributed by atoms with Crippen molar-refractivity contribution in [3.8, 4) is 0 Å². The second kappa shape index (κ2) is 7.41. The Hall–Kier alpha value is -1.87. The lowest BCUT2D eigenvalue weighted by atomic mass is 10.2. The van der Waals surface area contributed by atoms with Gasteiger partial charge in [-0.05, 0) is 31.1 Å². The summed E-state index contributed by atoms with van der Waals surface area (Å²) in [6, 6.07) is 5.38. The highest BCUT2D eigenvalue weighted by atomic mass is 35.5. The first kappa shape index (κ1) is 16.5. The minimum Gasteiger partial charge on any atom is -0.268 e. The van der Waals surface area contributed by atoms with Crippen LogP contribution in [0.1, 0.15) is 39.4 Å². The molecule has 0 saturated heterocycles. The van der Waals surface area contributed by atoms with Gasteiger partial charge in [-0.2, -0.15) is 0 Å². The Balaban J connectivity index is 2.84. The van der Waals surface area contributed by atoms with E-state index >= 15 is 0 Å². The van der Waals surface area contributed by atoms with Crippen molar-refractivity contribution in [3.05, 3.63) is 57.6 Å². The summed E-state index contributed by atoms with van der Waals surface area (Å²) in [6.07, 6.45) is 8.51. The summed E-state index contributed by atoms with van der Waals surface area (Å²) in [5, 5.41) is 0.926. The predicted octanol–water partition coefficient (Wildman–Crippen LogP) is 4.83. The molecule has 0 amide bonds. The van der Waals surface area contributed by atoms with Crippen LogP contribution in [0.25, 0.3) is 16.6 Å². The van der Waals surface area contributed by atoms with Crippen LogP contribution >= 0.6 is 11.6 Å². The fourth-order valence-corrected chi connectivity index (χ4v) is 2.67. The van der Waals surface area contributed by atoms with Crippen LogP contribution in [0.2, 0.25) is 5.02 Å². The summed E-state index contributed by atoms with van der Waals surface area (Å²) in [6.45, 7) is 6.12. The lowest BCUT2D eigenvalue weighted by Gasteiger charge is -2.14. The van der Waals surface area contributed by atoms with Crippen molar-refractivity contribution in [2.45, 2.75) is 40.0 Å². The summed E-state index contributed by atoms with van der Waals surface area (Å²) in [4.78, 5) is 17.6. The van der Waals surface area contributed by atoms with Crippen molar-refractivity contribution in [2.24, 2.45) is 0 Å². The van der Waals surface area contributed by atoms with E-state index in [1.807, 2.05) is 37.3 Å². The molecule has 0 spiro atoms. The van der Waals surface area contributed by atoms with Crippen LogP contribution in [0.5, 0.6) is 0 Å². The molecule has 116 valence electrons. The van der Waals surface area contributed by atoms with Crippen LogP contribution < -0.4 is 5.56 Å². The molecule has 0 unspecified atom stereocenters. The second-order valence-corrected chi connectivity index (χ2v) is 5.41. The Morgan fingerprint density at radius 3 is 2.68 bits per heavy atom. The molecule has 1 aromatic carbocycles. The third kappa shape index (κ3) is 3.14. The largest absolute Gasteiger partial charge is 0.268 e. The molecule has 0 aliphatic heterocycles. The zero-order valence-corrected chi connectivity index (χ0v) is 14.0. The minimum absolute atomic E-state index is 0.104. The topological polar surface area (TPSA) is 34.9 Å². The van der Waals surface area contributed by atoms with Gasteiger partial charge >= 0.3 is 0 Å². The van der Waals surface area contributed by atoms with Crippen molar-refractivity contribution in [3.63, 3.8) is 0 Å². The van der Waals surface area contributed by atoms with E-state index in [4.69, 9.17) is 11.6 Å². The van der Waals surface area contributed by atoms with Gasteiger partial charge in [0.05, 0.1) is 15.9 Å². The summed E-state index contributed by atoms with van der Waals surface area (Å²) >= 11 is 6.23. The molecule has 3 nitrogen and oxygen atoms in total. The molecule has 0 saturated carbocycles. The monoisotopic (exact) mass is 316 g/mol. The Morgan fingerprint density at radius 1 is 1.27 bits per heavy atom. The molecule has 0 bridgehead atoms. The fourth-order valence-electron chi connectivity index (χ4n) is 2.42. The molecular formula is C18H21ClN2O. The molecule has 22 heavy (non-hydrogen) atoms. The van der Waals surface area contributed by atoms with E-state index in [-0.39, 0.29) is 5.56 Å². The number of fused-ring (bicyclic) bond motifs is 1. The maximum atomic E-state index is 13.0. The maximum Gasteiger partial charge on any atom is 0.267 e. The van der Waals surface area contributed by atoms with Crippen LogP contribution in [-0.2, 0) is 6.42 Å². The molecule has 0 atom stereocenters. The van der Waals surface area contributed by atoms with Gasteiger partial charge in [0.25, 0.3) is 5.56 Å². The lowest BCUT2D eigenvalue weighted by molar-refractivity contribution is 0.848. The number of benzene rings is 1. The number of nitrogens with zero attached hydrogens (tertiary/aromatic N) is 2. The molecule has 0 radical (unpaired) electrons. The van der Waals surface area contributed by atoms with Crippen molar-refractivity contribution in [1.29, 1.82) is 0 Å². The number of hydrogen-bond acceptors (Lipinski definition) is 2. The van der Waals surface area contributed by atoms with Gasteiger partial charge in [-0.3, -0.25) is 9.36 Å². The highest BCUT2D eigenvalue weighted by Gasteiger charge is 2.13. The first-order chi connectivity index (χ1) is 10.6. The SMILES string of the molecule is CC/C=C\C(=C/CC)n1c(CC)nc2cccc(Cl)c2c1=O. The zero-order valence-electron chi connectivity index (χ0n) is 13.3. The Morgan fingerprint density at radius 2 is 2.05 bits per heavy atom. The van der Waals surface area contributed by atoms with Crippen molar-refractivity contribution < 1.29 is 0 Å². The number of allylic oxidation sites excluding steroid dienone is 4. The number of rotatable bonds is 5. The molecule has 0 N–H and O–H groups in total. The van der Waals surface area contributed by atoms with Crippen LogP contribution in [-0.4, -0.2) is 9.55 Å². The van der Waals surface area contributed by atoms with Crippen molar-refractivity contribution in [1.82, 2.24) is 9.55 Å².